The molecule has 2 nitrogen and oxygen atoms in total. The van der Waals surface area contributed by atoms with Gasteiger partial charge in [0.05, 0.1) is 0 Å². The smallest absolute Gasteiger partial charge is 0.165 e. The molecule has 2 unspecified atom stereocenters. The standard InChI is InChI=1S/C16H22FNO/c1-2-13(18)11-12-7-6-10-15(17)16(12)19-14-8-4-3-5-9-14/h4,6-8,10,13-14H,2-3,5,9,11,18H2,1H3. The van der Waals surface area contributed by atoms with Gasteiger partial charge in [0.1, 0.15) is 6.10 Å². The van der Waals surface area contributed by atoms with E-state index in [1.165, 1.54) is 6.07 Å². The number of halogens is 1. The Bertz CT molecular complexity index is 444. The summed E-state index contributed by atoms with van der Waals surface area (Å²) in [7, 11) is 0. The molecular formula is C16H22FNO. The van der Waals surface area contributed by atoms with Crippen molar-refractivity contribution in [2.24, 2.45) is 5.73 Å². The van der Waals surface area contributed by atoms with E-state index in [-0.39, 0.29) is 18.0 Å². The third-order valence-corrected chi connectivity index (χ3v) is 3.53. The summed E-state index contributed by atoms with van der Waals surface area (Å²) < 4.78 is 19.8. The molecule has 0 spiro atoms. The molecule has 0 fully saturated rings. The Balaban J connectivity index is 2.17. The van der Waals surface area contributed by atoms with Crippen LogP contribution >= 0.6 is 0 Å². The summed E-state index contributed by atoms with van der Waals surface area (Å²) in [6, 6.07) is 5.12. The molecule has 0 saturated heterocycles. The van der Waals surface area contributed by atoms with Crippen LogP contribution in [0.1, 0.15) is 38.2 Å². The minimum atomic E-state index is -0.292. The molecule has 0 amide bonds. The lowest BCUT2D eigenvalue weighted by Gasteiger charge is -2.21. The quantitative estimate of drug-likeness (QED) is 0.824. The Kier molecular flexibility index (Phi) is 4.97. The number of hydrogen-bond donors (Lipinski definition) is 1. The van der Waals surface area contributed by atoms with Crippen LogP contribution in [-0.4, -0.2) is 12.1 Å². The molecule has 0 aromatic heterocycles. The summed E-state index contributed by atoms with van der Waals surface area (Å²) in [6.07, 6.45) is 8.78. The minimum Gasteiger partial charge on any atom is -0.483 e. The predicted molar refractivity (Wildman–Crippen MR) is 75.8 cm³/mol. The van der Waals surface area contributed by atoms with E-state index in [1.54, 1.807) is 6.07 Å². The van der Waals surface area contributed by atoms with Crippen LogP contribution in [0.2, 0.25) is 0 Å². The van der Waals surface area contributed by atoms with E-state index in [0.29, 0.717) is 12.2 Å². The maximum atomic E-state index is 14.0. The number of hydrogen-bond acceptors (Lipinski definition) is 2. The van der Waals surface area contributed by atoms with Gasteiger partial charge in [-0.05, 0) is 49.8 Å². The fourth-order valence-electron chi connectivity index (χ4n) is 2.30. The van der Waals surface area contributed by atoms with Crippen molar-refractivity contribution in [3.63, 3.8) is 0 Å². The molecule has 1 aliphatic rings. The highest BCUT2D eigenvalue weighted by Crippen LogP contribution is 2.27. The van der Waals surface area contributed by atoms with Gasteiger partial charge in [-0.15, -0.1) is 0 Å². The maximum Gasteiger partial charge on any atom is 0.165 e. The molecule has 104 valence electrons. The van der Waals surface area contributed by atoms with Crippen LogP contribution < -0.4 is 10.5 Å². The van der Waals surface area contributed by atoms with Crippen LogP contribution in [0.5, 0.6) is 5.75 Å². The van der Waals surface area contributed by atoms with Crippen molar-refractivity contribution in [2.75, 3.05) is 0 Å². The van der Waals surface area contributed by atoms with Crippen molar-refractivity contribution in [1.29, 1.82) is 0 Å². The highest BCUT2D eigenvalue weighted by molar-refractivity contribution is 5.36. The van der Waals surface area contributed by atoms with Crippen LogP contribution in [0.15, 0.2) is 30.4 Å². The lowest BCUT2D eigenvalue weighted by molar-refractivity contribution is 0.217. The number of rotatable bonds is 5. The normalized spacial score (nSPS) is 20.3. The lowest BCUT2D eigenvalue weighted by atomic mass is 10.0. The molecular weight excluding hydrogens is 241 g/mol. The third kappa shape index (κ3) is 3.80. The SMILES string of the molecule is CCC(N)Cc1cccc(F)c1OC1C=CCCC1. The summed E-state index contributed by atoms with van der Waals surface area (Å²) in [5.74, 6) is 0.0859. The molecule has 1 aliphatic carbocycles. The first kappa shape index (κ1) is 14.1. The lowest BCUT2D eigenvalue weighted by Crippen LogP contribution is -2.23. The van der Waals surface area contributed by atoms with Gasteiger partial charge in [0.15, 0.2) is 11.6 Å². The Hall–Kier alpha value is -1.35. The highest BCUT2D eigenvalue weighted by Gasteiger charge is 2.17. The Labute approximate surface area is 114 Å². The zero-order valence-corrected chi connectivity index (χ0v) is 11.4. The number of ether oxygens (including phenoxy) is 1. The van der Waals surface area contributed by atoms with Gasteiger partial charge in [0, 0.05) is 6.04 Å². The van der Waals surface area contributed by atoms with Crippen molar-refractivity contribution in [3.05, 3.63) is 41.7 Å². The summed E-state index contributed by atoms with van der Waals surface area (Å²) in [6.45, 7) is 2.04. The van der Waals surface area contributed by atoms with Crippen LogP contribution in [0.3, 0.4) is 0 Å². The van der Waals surface area contributed by atoms with Crippen LogP contribution in [-0.2, 0) is 6.42 Å². The van der Waals surface area contributed by atoms with Crippen molar-refractivity contribution < 1.29 is 9.13 Å². The van der Waals surface area contributed by atoms with Gasteiger partial charge in [-0.25, -0.2) is 4.39 Å². The van der Waals surface area contributed by atoms with E-state index in [0.717, 1.165) is 31.2 Å². The van der Waals surface area contributed by atoms with Crippen LogP contribution in [0.4, 0.5) is 4.39 Å². The van der Waals surface area contributed by atoms with E-state index in [1.807, 2.05) is 19.1 Å². The van der Waals surface area contributed by atoms with Gasteiger partial charge in [0.25, 0.3) is 0 Å². The van der Waals surface area contributed by atoms with Crippen molar-refractivity contribution in [3.8, 4) is 5.75 Å². The number of nitrogens with two attached hydrogens (primary N) is 1. The van der Waals surface area contributed by atoms with Gasteiger partial charge in [-0.3, -0.25) is 0 Å². The molecule has 0 bridgehead atoms. The average Bonchev–Trinajstić information content (AvgIpc) is 2.43. The molecule has 0 saturated carbocycles. The Morgan fingerprint density at radius 1 is 1.47 bits per heavy atom. The number of benzene rings is 1. The van der Waals surface area contributed by atoms with Crippen molar-refractivity contribution >= 4 is 0 Å². The first-order valence-corrected chi connectivity index (χ1v) is 7.07. The second-order valence-electron chi connectivity index (χ2n) is 5.12. The van der Waals surface area contributed by atoms with Gasteiger partial charge in [-0.2, -0.15) is 0 Å². The molecule has 1 aromatic rings. The van der Waals surface area contributed by atoms with Crippen molar-refractivity contribution in [2.45, 2.75) is 51.2 Å². The second-order valence-corrected chi connectivity index (χ2v) is 5.12. The van der Waals surface area contributed by atoms with Gasteiger partial charge >= 0.3 is 0 Å². The fraction of sp³-hybridized carbons (Fsp3) is 0.500. The molecule has 0 radical (unpaired) electrons. The molecule has 0 aliphatic heterocycles. The van der Waals surface area contributed by atoms with Crippen LogP contribution in [0, 0.1) is 5.82 Å². The largest absolute Gasteiger partial charge is 0.483 e. The molecule has 2 rings (SSSR count). The first-order valence-electron chi connectivity index (χ1n) is 7.07. The summed E-state index contributed by atoms with van der Waals surface area (Å²) >= 11 is 0. The van der Waals surface area contributed by atoms with Crippen molar-refractivity contribution in [1.82, 2.24) is 0 Å². The van der Waals surface area contributed by atoms with E-state index in [9.17, 15) is 4.39 Å². The average molecular weight is 263 g/mol. The molecule has 2 atom stereocenters. The van der Waals surface area contributed by atoms with E-state index in [2.05, 4.69) is 6.08 Å². The maximum absolute atomic E-state index is 14.0. The molecule has 0 heterocycles. The summed E-state index contributed by atoms with van der Waals surface area (Å²) in [5, 5.41) is 0. The fourth-order valence-corrected chi connectivity index (χ4v) is 2.30. The van der Waals surface area contributed by atoms with E-state index in [4.69, 9.17) is 10.5 Å². The first-order chi connectivity index (χ1) is 9.20. The summed E-state index contributed by atoms with van der Waals surface area (Å²) in [5.41, 5.74) is 6.83. The predicted octanol–water partition coefficient (Wildman–Crippen LogP) is 3.59. The monoisotopic (exact) mass is 263 g/mol. The topological polar surface area (TPSA) is 35.2 Å². The summed E-state index contributed by atoms with van der Waals surface area (Å²) in [4.78, 5) is 0. The second kappa shape index (κ2) is 6.71. The van der Waals surface area contributed by atoms with E-state index < -0.39 is 0 Å². The number of allylic oxidation sites excluding steroid dienone is 1. The minimum absolute atomic E-state index is 0.0118. The Morgan fingerprint density at radius 2 is 2.32 bits per heavy atom. The molecule has 2 N–H and O–H groups in total. The highest BCUT2D eigenvalue weighted by atomic mass is 19.1. The molecule has 3 heteroatoms. The van der Waals surface area contributed by atoms with Gasteiger partial charge in [-0.1, -0.05) is 25.1 Å². The van der Waals surface area contributed by atoms with Crippen LogP contribution in [0.25, 0.3) is 0 Å². The molecule has 19 heavy (non-hydrogen) atoms. The number of para-hydroxylation sites is 1. The zero-order chi connectivity index (χ0) is 13.7. The zero-order valence-electron chi connectivity index (χ0n) is 11.4. The Morgan fingerprint density at radius 3 is 3.00 bits per heavy atom. The third-order valence-electron chi connectivity index (χ3n) is 3.53. The van der Waals surface area contributed by atoms with Gasteiger partial charge in [0.2, 0.25) is 0 Å². The molecule has 1 aromatic carbocycles. The van der Waals surface area contributed by atoms with E-state index >= 15 is 0 Å². The van der Waals surface area contributed by atoms with Gasteiger partial charge < -0.3 is 10.5 Å².